The minimum Gasteiger partial charge on any atom is -0.497 e. The molecule has 1 atom stereocenters. The van der Waals surface area contributed by atoms with Crippen LogP contribution in [0.5, 0.6) is 5.75 Å². The maximum absolute atomic E-state index is 12.4. The number of esters is 1. The summed E-state index contributed by atoms with van der Waals surface area (Å²) < 4.78 is 10.3. The molecule has 0 unspecified atom stereocenters. The number of benzene rings is 1. The van der Waals surface area contributed by atoms with Gasteiger partial charge in [0.1, 0.15) is 5.75 Å². The Labute approximate surface area is 160 Å². The van der Waals surface area contributed by atoms with Crippen LogP contribution in [0.15, 0.2) is 24.3 Å². The van der Waals surface area contributed by atoms with Gasteiger partial charge in [0.2, 0.25) is 0 Å². The first kappa shape index (κ1) is 18.3. The van der Waals surface area contributed by atoms with Gasteiger partial charge in [-0.2, -0.15) is 0 Å². The molecule has 1 aromatic rings. The highest BCUT2D eigenvalue weighted by Gasteiger charge is 2.53. The summed E-state index contributed by atoms with van der Waals surface area (Å²) in [6, 6.07) is 6.81. The largest absolute Gasteiger partial charge is 0.497 e. The number of hydrogen-bond donors (Lipinski definition) is 1. The fourth-order valence-corrected chi connectivity index (χ4v) is 6.09. The van der Waals surface area contributed by atoms with Gasteiger partial charge >= 0.3 is 5.97 Å². The number of nitrogens with one attached hydrogen (secondary N) is 1. The predicted octanol–water partition coefficient (Wildman–Crippen LogP) is 3.57. The third-order valence-corrected chi connectivity index (χ3v) is 7.04. The van der Waals surface area contributed by atoms with Crippen LogP contribution in [0.4, 0.5) is 0 Å². The van der Waals surface area contributed by atoms with E-state index in [1.807, 2.05) is 0 Å². The van der Waals surface area contributed by atoms with Crippen LogP contribution in [0.25, 0.3) is 0 Å². The van der Waals surface area contributed by atoms with E-state index in [2.05, 4.69) is 12.2 Å². The van der Waals surface area contributed by atoms with Crippen molar-refractivity contribution in [2.24, 2.45) is 23.2 Å². The van der Waals surface area contributed by atoms with E-state index < -0.39 is 5.97 Å². The van der Waals surface area contributed by atoms with Crippen molar-refractivity contribution < 1.29 is 19.1 Å². The Bertz CT molecular complexity index is 676. The van der Waals surface area contributed by atoms with Crippen molar-refractivity contribution in [3.63, 3.8) is 0 Å². The number of rotatable bonds is 6. The van der Waals surface area contributed by atoms with Gasteiger partial charge in [-0.3, -0.25) is 4.79 Å². The second-order valence-corrected chi connectivity index (χ2v) is 8.87. The van der Waals surface area contributed by atoms with E-state index in [0.29, 0.717) is 11.3 Å². The molecule has 146 valence electrons. The fourth-order valence-electron chi connectivity index (χ4n) is 6.09. The minimum atomic E-state index is -0.490. The van der Waals surface area contributed by atoms with Gasteiger partial charge < -0.3 is 14.8 Å². The maximum atomic E-state index is 12.4. The molecule has 4 saturated carbocycles. The third-order valence-electron chi connectivity index (χ3n) is 7.04. The van der Waals surface area contributed by atoms with Crippen molar-refractivity contribution in [1.29, 1.82) is 0 Å². The normalized spacial score (nSPS) is 32.0. The number of methoxy groups -OCH3 is 1. The molecular weight excluding hydrogens is 342 g/mol. The molecule has 1 N–H and O–H groups in total. The first-order chi connectivity index (χ1) is 13.0. The summed E-state index contributed by atoms with van der Waals surface area (Å²) >= 11 is 0. The van der Waals surface area contributed by atoms with E-state index >= 15 is 0 Å². The van der Waals surface area contributed by atoms with E-state index in [4.69, 9.17) is 9.47 Å². The Morgan fingerprint density at radius 3 is 2.15 bits per heavy atom. The van der Waals surface area contributed by atoms with Gasteiger partial charge in [0, 0.05) is 6.04 Å². The molecule has 0 aromatic heterocycles. The zero-order valence-electron chi connectivity index (χ0n) is 16.2. The van der Waals surface area contributed by atoms with Crippen molar-refractivity contribution in [1.82, 2.24) is 5.32 Å². The molecule has 1 amide bonds. The molecule has 5 heteroatoms. The van der Waals surface area contributed by atoms with Crippen LogP contribution in [0.2, 0.25) is 0 Å². The number of amides is 1. The molecule has 0 heterocycles. The Hall–Kier alpha value is -2.04. The topological polar surface area (TPSA) is 64.6 Å². The minimum absolute atomic E-state index is 0.137. The summed E-state index contributed by atoms with van der Waals surface area (Å²) in [4.78, 5) is 24.5. The van der Waals surface area contributed by atoms with E-state index in [0.717, 1.165) is 17.8 Å². The molecule has 0 spiro atoms. The summed E-state index contributed by atoms with van der Waals surface area (Å²) in [5, 5.41) is 3.13. The second-order valence-electron chi connectivity index (χ2n) is 8.87. The predicted molar refractivity (Wildman–Crippen MR) is 101 cm³/mol. The number of ether oxygens (including phenoxy) is 2. The monoisotopic (exact) mass is 371 g/mol. The standard InChI is InChI=1S/C22H29NO4/c1-14(22-10-15-7-16(11-22)9-17(8-15)12-22)23-20(24)13-27-21(25)18-3-5-19(26-2)6-4-18/h3-6,14-17H,7-13H2,1-2H3,(H,23,24)/t14-,15?,16?,17?,22?/m0/s1. The Kier molecular flexibility index (Phi) is 4.87. The van der Waals surface area contributed by atoms with Crippen molar-refractivity contribution in [2.45, 2.75) is 51.5 Å². The molecule has 1 aromatic carbocycles. The Morgan fingerprint density at radius 2 is 1.63 bits per heavy atom. The number of carbonyl (C=O) groups excluding carboxylic acids is 2. The molecule has 0 saturated heterocycles. The van der Waals surface area contributed by atoms with Gasteiger partial charge in [0.15, 0.2) is 6.61 Å². The maximum Gasteiger partial charge on any atom is 0.338 e. The molecular formula is C22H29NO4. The molecule has 0 radical (unpaired) electrons. The highest BCUT2D eigenvalue weighted by molar-refractivity contribution is 5.91. The fraction of sp³-hybridized carbons (Fsp3) is 0.636. The lowest BCUT2D eigenvalue weighted by atomic mass is 9.48. The van der Waals surface area contributed by atoms with Crippen LogP contribution >= 0.6 is 0 Å². The highest BCUT2D eigenvalue weighted by Crippen LogP contribution is 2.61. The van der Waals surface area contributed by atoms with Gasteiger partial charge in [0.25, 0.3) is 5.91 Å². The first-order valence-electron chi connectivity index (χ1n) is 10.1. The van der Waals surface area contributed by atoms with Crippen molar-refractivity contribution in [2.75, 3.05) is 13.7 Å². The quantitative estimate of drug-likeness (QED) is 0.777. The number of hydrogen-bond acceptors (Lipinski definition) is 4. The van der Waals surface area contributed by atoms with Crippen LogP contribution in [0.1, 0.15) is 55.8 Å². The zero-order valence-corrected chi connectivity index (χ0v) is 16.2. The van der Waals surface area contributed by atoms with Crippen LogP contribution in [-0.4, -0.2) is 31.6 Å². The third kappa shape index (κ3) is 3.69. The average Bonchev–Trinajstić information content (AvgIpc) is 2.65. The zero-order chi connectivity index (χ0) is 19.0. The van der Waals surface area contributed by atoms with E-state index in [9.17, 15) is 9.59 Å². The van der Waals surface area contributed by atoms with Gasteiger partial charge in [0.05, 0.1) is 12.7 Å². The smallest absolute Gasteiger partial charge is 0.338 e. The van der Waals surface area contributed by atoms with Crippen molar-refractivity contribution in [3.05, 3.63) is 29.8 Å². The van der Waals surface area contributed by atoms with Crippen LogP contribution < -0.4 is 10.1 Å². The van der Waals surface area contributed by atoms with Gasteiger partial charge in [-0.05, 0) is 92.9 Å². The first-order valence-corrected chi connectivity index (χ1v) is 10.1. The Morgan fingerprint density at radius 1 is 1.07 bits per heavy atom. The SMILES string of the molecule is COc1ccc(C(=O)OCC(=O)N[C@@H](C)C23CC4CC(CC(C4)C2)C3)cc1. The number of carbonyl (C=O) groups is 2. The molecule has 4 aliphatic rings. The van der Waals surface area contributed by atoms with Gasteiger partial charge in [-0.1, -0.05) is 0 Å². The summed E-state index contributed by atoms with van der Waals surface area (Å²) in [5.41, 5.74) is 0.669. The Balaban J connectivity index is 1.29. The molecule has 5 nitrogen and oxygen atoms in total. The molecule has 5 rings (SSSR count). The molecule has 4 bridgehead atoms. The van der Waals surface area contributed by atoms with Gasteiger partial charge in [-0.25, -0.2) is 4.79 Å². The summed E-state index contributed by atoms with van der Waals surface area (Å²) in [6.45, 7) is 1.90. The lowest BCUT2D eigenvalue weighted by Gasteiger charge is -2.59. The van der Waals surface area contributed by atoms with Crippen LogP contribution in [0.3, 0.4) is 0 Å². The van der Waals surface area contributed by atoms with Crippen molar-refractivity contribution in [3.8, 4) is 5.75 Å². The van der Waals surface area contributed by atoms with E-state index in [1.165, 1.54) is 38.5 Å². The average molecular weight is 371 g/mol. The second kappa shape index (κ2) is 7.17. The van der Waals surface area contributed by atoms with Crippen LogP contribution in [-0.2, 0) is 9.53 Å². The van der Waals surface area contributed by atoms with E-state index in [1.54, 1.807) is 31.4 Å². The summed E-state index contributed by atoms with van der Waals surface area (Å²) in [7, 11) is 1.57. The highest BCUT2D eigenvalue weighted by atomic mass is 16.5. The lowest BCUT2D eigenvalue weighted by molar-refractivity contribution is -0.128. The summed E-state index contributed by atoms with van der Waals surface area (Å²) in [6.07, 6.45) is 7.89. The molecule has 4 fully saturated rings. The molecule has 0 aliphatic heterocycles. The van der Waals surface area contributed by atoms with Crippen molar-refractivity contribution >= 4 is 11.9 Å². The van der Waals surface area contributed by atoms with Crippen LogP contribution in [0, 0.1) is 23.2 Å². The molecule has 27 heavy (non-hydrogen) atoms. The van der Waals surface area contributed by atoms with Gasteiger partial charge in [-0.15, -0.1) is 0 Å². The summed E-state index contributed by atoms with van der Waals surface area (Å²) in [5.74, 6) is 2.53. The lowest BCUT2D eigenvalue weighted by Crippen LogP contribution is -2.56. The van der Waals surface area contributed by atoms with E-state index in [-0.39, 0.29) is 24.0 Å². The molecule has 4 aliphatic carbocycles.